The van der Waals surface area contributed by atoms with Gasteiger partial charge in [-0.3, -0.25) is 9.58 Å². The minimum Gasteiger partial charge on any atom is -0.309 e. The lowest BCUT2D eigenvalue weighted by atomic mass is 10.00. The van der Waals surface area contributed by atoms with Gasteiger partial charge >= 0.3 is 0 Å². The predicted molar refractivity (Wildman–Crippen MR) is 98.0 cm³/mol. The standard InChI is InChI=1S/C18H26N4.ClH/c1-13-5-6-16(12-22-10-14(2)20-15(3)11-22)17(9-13)18-7-8-19-21(18)4;/h5-9,14-15,20H,10-12H2,1-4H3;1H. The van der Waals surface area contributed by atoms with E-state index in [1.807, 2.05) is 17.9 Å². The molecule has 0 saturated carbocycles. The Bertz CT molecular complexity index is 642. The third-order valence-electron chi connectivity index (χ3n) is 4.39. The molecule has 126 valence electrons. The van der Waals surface area contributed by atoms with Gasteiger partial charge < -0.3 is 5.32 Å². The number of halogens is 1. The summed E-state index contributed by atoms with van der Waals surface area (Å²) in [5.74, 6) is 0. The molecule has 1 aliphatic heterocycles. The van der Waals surface area contributed by atoms with Gasteiger partial charge in [0.25, 0.3) is 0 Å². The number of benzene rings is 1. The maximum atomic E-state index is 4.33. The Morgan fingerprint density at radius 2 is 1.87 bits per heavy atom. The predicted octanol–water partition coefficient (Wildman–Crippen LogP) is 3.00. The van der Waals surface area contributed by atoms with Crippen LogP contribution in [0.4, 0.5) is 0 Å². The molecule has 3 rings (SSSR count). The Balaban J connectivity index is 0.00000192. The first-order valence-electron chi connectivity index (χ1n) is 8.09. The Hall–Kier alpha value is -1.36. The van der Waals surface area contributed by atoms with E-state index in [9.17, 15) is 0 Å². The molecule has 1 fully saturated rings. The first-order chi connectivity index (χ1) is 10.5. The molecule has 5 heteroatoms. The number of piperazine rings is 1. The Morgan fingerprint density at radius 3 is 2.48 bits per heavy atom. The number of nitrogens with one attached hydrogen (secondary N) is 1. The summed E-state index contributed by atoms with van der Waals surface area (Å²) < 4.78 is 1.96. The molecule has 2 heterocycles. The van der Waals surface area contributed by atoms with Crippen LogP contribution in [0.5, 0.6) is 0 Å². The van der Waals surface area contributed by atoms with Gasteiger partial charge in [0.05, 0.1) is 5.69 Å². The first kappa shape index (κ1) is 18.0. The Labute approximate surface area is 145 Å². The summed E-state index contributed by atoms with van der Waals surface area (Å²) in [5.41, 5.74) is 5.17. The fraction of sp³-hybridized carbons (Fsp3) is 0.500. The van der Waals surface area contributed by atoms with Gasteiger partial charge in [-0.1, -0.05) is 17.7 Å². The Morgan fingerprint density at radius 1 is 1.17 bits per heavy atom. The Kier molecular flexibility index (Phi) is 5.84. The van der Waals surface area contributed by atoms with Crippen LogP contribution in [-0.2, 0) is 13.6 Å². The molecule has 23 heavy (non-hydrogen) atoms. The van der Waals surface area contributed by atoms with Gasteiger partial charge in [-0.2, -0.15) is 5.10 Å². The van der Waals surface area contributed by atoms with Gasteiger partial charge in [-0.15, -0.1) is 12.4 Å². The zero-order chi connectivity index (χ0) is 15.7. The number of rotatable bonds is 3. The monoisotopic (exact) mass is 334 g/mol. The molecular weight excluding hydrogens is 308 g/mol. The van der Waals surface area contributed by atoms with Gasteiger partial charge in [0.15, 0.2) is 0 Å². The third kappa shape index (κ3) is 4.14. The molecule has 0 bridgehead atoms. The molecule has 2 aromatic rings. The molecule has 1 aromatic heterocycles. The summed E-state index contributed by atoms with van der Waals surface area (Å²) in [7, 11) is 2.01. The van der Waals surface area contributed by atoms with Crippen molar-refractivity contribution in [2.45, 2.75) is 39.4 Å². The van der Waals surface area contributed by atoms with Crippen LogP contribution in [0.1, 0.15) is 25.0 Å². The SMILES string of the molecule is Cc1ccc(CN2CC(C)NC(C)C2)c(-c2ccnn2C)c1.Cl. The van der Waals surface area contributed by atoms with Gasteiger partial charge in [-0.05, 0) is 38.5 Å². The number of hydrogen-bond acceptors (Lipinski definition) is 3. The van der Waals surface area contributed by atoms with Gasteiger partial charge in [0, 0.05) is 50.5 Å². The second-order valence-corrected chi connectivity index (χ2v) is 6.66. The summed E-state index contributed by atoms with van der Waals surface area (Å²) in [4.78, 5) is 2.55. The van der Waals surface area contributed by atoms with Crippen molar-refractivity contribution >= 4 is 12.4 Å². The lowest BCUT2D eigenvalue weighted by Gasteiger charge is -2.36. The van der Waals surface area contributed by atoms with Crippen molar-refractivity contribution in [2.75, 3.05) is 13.1 Å². The van der Waals surface area contributed by atoms with E-state index >= 15 is 0 Å². The molecular formula is C18H27ClN4. The van der Waals surface area contributed by atoms with Crippen molar-refractivity contribution in [2.24, 2.45) is 7.05 Å². The van der Waals surface area contributed by atoms with E-state index in [1.54, 1.807) is 0 Å². The third-order valence-corrected chi connectivity index (χ3v) is 4.39. The van der Waals surface area contributed by atoms with Gasteiger partial charge in [0.2, 0.25) is 0 Å². The van der Waals surface area contributed by atoms with E-state index in [-0.39, 0.29) is 12.4 Å². The molecule has 1 aliphatic rings. The van der Waals surface area contributed by atoms with E-state index in [4.69, 9.17) is 0 Å². The fourth-order valence-electron chi connectivity index (χ4n) is 3.51. The van der Waals surface area contributed by atoms with Crippen molar-refractivity contribution in [3.05, 3.63) is 41.6 Å². The number of aromatic nitrogens is 2. The van der Waals surface area contributed by atoms with E-state index in [1.165, 1.54) is 22.4 Å². The normalized spacial score (nSPS) is 21.9. The molecule has 1 saturated heterocycles. The van der Waals surface area contributed by atoms with Crippen LogP contribution in [0, 0.1) is 6.92 Å². The van der Waals surface area contributed by atoms with Crippen molar-refractivity contribution in [3.8, 4) is 11.3 Å². The quantitative estimate of drug-likeness (QED) is 0.936. The average Bonchev–Trinajstić information content (AvgIpc) is 2.86. The molecule has 1 aromatic carbocycles. The highest BCUT2D eigenvalue weighted by atomic mass is 35.5. The largest absolute Gasteiger partial charge is 0.309 e. The maximum Gasteiger partial charge on any atom is 0.0682 e. The van der Waals surface area contributed by atoms with E-state index in [2.05, 4.69) is 60.4 Å². The molecule has 0 spiro atoms. The van der Waals surface area contributed by atoms with E-state index < -0.39 is 0 Å². The lowest BCUT2D eigenvalue weighted by molar-refractivity contribution is 0.167. The van der Waals surface area contributed by atoms with Crippen LogP contribution in [0.2, 0.25) is 0 Å². The van der Waals surface area contributed by atoms with E-state index in [0.717, 1.165) is 19.6 Å². The molecule has 4 nitrogen and oxygen atoms in total. The zero-order valence-corrected chi connectivity index (χ0v) is 15.2. The summed E-state index contributed by atoms with van der Waals surface area (Å²) in [6, 6.07) is 9.96. The molecule has 0 radical (unpaired) electrons. The highest BCUT2D eigenvalue weighted by Crippen LogP contribution is 2.26. The maximum absolute atomic E-state index is 4.33. The van der Waals surface area contributed by atoms with Crippen molar-refractivity contribution in [1.29, 1.82) is 0 Å². The van der Waals surface area contributed by atoms with Crippen LogP contribution < -0.4 is 5.32 Å². The second-order valence-electron chi connectivity index (χ2n) is 6.66. The highest BCUT2D eigenvalue weighted by Gasteiger charge is 2.22. The molecule has 0 amide bonds. The minimum atomic E-state index is 0. The number of aryl methyl sites for hydroxylation is 2. The van der Waals surface area contributed by atoms with Crippen molar-refractivity contribution < 1.29 is 0 Å². The zero-order valence-electron chi connectivity index (χ0n) is 14.4. The van der Waals surface area contributed by atoms with Crippen LogP contribution in [0.25, 0.3) is 11.3 Å². The lowest BCUT2D eigenvalue weighted by Crippen LogP contribution is -2.53. The molecule has 0 aliphatic carbocycles. The van der Waals surface area contributed by atoms with Crippen molar-refractivity contribution in [3.63, 3.8) is 0 Å². The molecule has 1 N–H and O–H groups in total. The summed E-state index contributed by atoms with van der Waals surface area (Å²) in [6.45, 7) is 9.88. The fourth-order valence-corrected chi connectivity index (χ4v) is 3.51. The van der Waals surface area contributed by atoms with Crippen LogP contribution in [0.15, 0.2) is 30.5 Å². The number of hydrogen-bond donors (Lipinski definition) is 1. The smallest absolute Gasteiger partial charge is 0.0682 e. The molecule has 2 unspecified atom stereocenters. The topological polar surface area (TPSA) is 33.1 Å². The summed E-state index contributed by atoms with van der Waals surface area (Å²) in [6.07, 6.45) is 1.87. The van der Waals surface area contributed by atoms with Crippen LogP contribution in [-0.4, -0.2) is 39.9 Å². The molecule has 2 atom stereocenters. The number of nitrogens with zero attached hydrogens (tertiary/aromatic N) is 3. The summed E-state index contributed by atoms with van der Waals surface area (Å²) in [5, 5.41) is 7.93. The average molecular weight is 335 g/mol. The van der Waals surface area contributed by atoms with Gasteiger partial charge in [-0.25, -0.2) is 0 Å². The van der Waals surface area contributed by atoms with Gasteiger partial charge in [0.1, 0.15) is 0 Å². The minimum absolute atomic E-state index is 0. The second kappa shape index (κ2) is 7.47. The highest BCUT2D eigenvalue weighted by molar-refractivity contribution is 5.85. The van der Waals surface area contributed by atoms with E-state index in [0.29, 0.717) is 12.1 Å². The first-order valence-corrected chi connectivity index (χ1v) is 8.09. The van der Waals surface area contributed by atoms with Crippen LogP contribution >= 0.6 is 12.4 Å². The summed E-state index contributed by atoms with van der Waals surface area (Å²) >= 11 is 0. The van der Waals surface area contributed by atoms with Crippen molar-refractivity contribution in [1.82, 2.24) is 20.0 Å². The van der Waals surface area contributed by atoms with Crippen LogP contribution in [0.3, 0.4) is 0 Å².